The Morgan fingerprint density at radius 1 is 1.42 bits per heavy atom. The molecule has 110 valence electrons. The van der Waals surface area contributed by atoms with Gasteiger partial charge >= 0.3 is 5.97 Å². The smallest absolute Gasteiger partial charge is 0.308 e. The molecule has 0 bridgehead atoms. The highest BCUT2D eigenvalue weighted by molar-refractivity contribution is 5.77. The first-order chi connectivity index (χ1) is 9.02. The van der Waals surface area contributed by atoms with Gasteiger partial charge in [0.15, 0.2) is 0 Å². The zero-order chi connectivity index (χ0) is 14.3. The van der Waals surface area contributed by atoms with E-state index < -0.39 is 11.9 Å². The Labute approximate surface area is 114 Å². The molecule has 0 aromatic rings. The van der Waals surface area contributed by atoms with Gasteiger partial charge in [-0.3, -0.25) is 9.59 Å². The second-order valence-corrected chi connectivity index (χ2v) is 5.31. The molecule has 0 spiro atoms. The van der Waals surface area contributed by atoms with Crippen LogP contribution >= 0.6 is 0 Å². The summed E-state index contributed by atoms with van der Waals surface area (Å²) in [5, 5.41) is 11.7. The van der Waals surface area contributed by atoms with Crippen LogP contribution in [0.2, 0.25) is 0 Å². The van der Waals surface area contributed by atoms with Gasteiger partial charge in [-0.15, -0.1) is 0 Å². The Hall–Kier alpha value is -1.10. The minimum absolute atomic E-state index is 0.0782. The second kappa shape index (κ2) is 8.15. The summed E-state index contributed by atoms with van der Waals surface area (Å²) in [6.07, 6.45) is 5.10. The molecule has 0 aromatic carbocycles. The van der Waals surface area contributed by atoms with E-state index in [1.54, 1.807) is 0 Å². The fourth-order valence-corrected chi connectivity index (χ4v) is 2.38. The van der Waals surface area contributed by atoms with Crippen molar-refractivity contribution in [1.29, 1.82) is 0 Å². The third-order valence-electron chi connectivity index (χ3n) is 3.55. The molecule has 3 atom stereocenters. The van der Waals surface area contributed by atoms with Crippen LogP contribution in [0, 0.1) is 5.92 Å². The highest BCUT2D eigenvalue weighted by Gasteiger charge is 2.22. The highest BCUT2D eigenvalue weighted by atomic mass is 16.5. The number of rotatable bonds is 8. The number of ether oxygens (including phenoxy) is 1. The van der Waals surface area contributed by atoms with Gasteiger partial charge in [-0.05, 0) is 32.6 Å². The summed E-state index contributed by atoms with van der Waals surface area (Å²) < 4.78 is 5.64. The van der Waals surface area contributed by atoms with Crippen LogP contribution in [-0.4, -0.2) is 35.7 Å². The van der Waals surface area contributed by atoms with E-state index in [1.807, 2.05) is 13.8 Å². The molecule has 1 aliphatic rings. The molecule has 1 heterocycles. The molecular weight excluding hydrogens is 246 g/mol. The highest BCUT2D eigenvalue weighted by Crippen LogP contribution is 2.22. The molecule has 0 aliphatic carbocycles. The number of carbonyl (C=O) groups excluding carboxylic acids is 1. The normalized spacial score (nSPS) is 24.1. The van der Waals surface area contributed by atoms with E-state index >= 15 is 0 Å². The zero-order valence-corrected chi connectivity index (χ0v) is 11.9. The molecule has 0 radical (unpaired) electrons. The summed E-state index contributed by atoms with van der Waals surface area (Å²) in [5.74, 6) is -1.39. The van der Waals surface area contributed by atoms with Gasteiger partial charge in [-0.1, -0.05) is 13.3 Å². The van der Waals surface area contributed by atoms with Crippen molar-refractivity contribution in [3.63, 3.8) is 0 Å². The van der Waals surface area contributed by atoms with E-state index in [1.165, 1.54) is 0 Å². The molecular formula is C14H25NO4. The predicted octanol–water partition coefficient (Wildman–Crippen LogP) is 1.95. The number of amides is 1. The van der Waals surface area contributed by atoms with Crippen LogP contribution in [0.25, 0.3) is 0 Å². The number of carboxylic acids is 1. The second-order valence-electron chi connectivity index (χ2n) is 5.31. The van der Waals surface area contributed by atoms with Crippen molar-refractivity contribution < 1.29 is 19.4 Å². The van der Waals surface area contributed by atoms with Crippen LogP contribution < -0.4 is 5.32 Å². The Balaban J connectivity index is 2.18. The molecule has 2 N–H and O–H groups in total. The van der Waals surface area contributed by atoms with Crippen LogP contribution in [0.5, 0.6) is 0 Å². The van der Waals surface area contributed by atoms with Gasteiger partial charge < -0.3 is 15.2 Å². The van der Waals surface area contributed by atoms with Gasteiger partial charge in [0.05, 0.1) is 18.1 Å². The molecule has 1 saturated heterocycles. The summed E-state index contributed by atoms with van der Waals surface area (Å²) in [6, 6.07) is 0. The van der Waals surface area contributed by atoms with Crippen LogP contribution in [0.4, 0.5) is 0 Å². The molecule has 1 rings (SSSR count). The Kier molecular flexibility index (Phi) is 6.84. The first-order valence-corrected chi connectivity index (χ1v) is 7.17. The molecule has 1 aliphatic heterocycles. The van der Waals surface area contributed by atoms with Gasteiger partial charge in [-0.25, -0.2) is 0 Å². The quantitative estimate of drug-likeness (QED) is 0.707. The first-order valence-electron chi connectivity index (χ1n) is 7.17. The average Bonchev–Trinajstić information content (AvgIpc) is 2.77. The van der Waals surface area contributed by atoms with Crippen molar-refractivity contribution in [2.24, 2.45) is 5.92 Å². The summed E-state index contributed by atoms with van der Waals surface area (Å²) in [7, 11) is 0. The number of carboxylic acid groups (broad SMARTS) is 1. The molecule has 3 unspecified atom stereocenters. The van der Waals surface area contributed by atoms with Crippen molar-refractivity contribution in [2.45, 2.75) is 64.6 Å². The lowest BCUT2D eigenvalue weighted by atomic mass is 10.0. The van der Waals surface area contributed by atoms with E-state index in [0.717, 1.165) is 25.7 Å². The third kappa shape index (κ3) is 6.05. The lowest BCUT2D eigenvalue weighted by molar-refractivity contribution is -0.142. The van der Waals surface area contributed by atoms with Gasteiger partial charge in [0.2, 0.25) is 5.91 Å². The average molecular weight is 271 g/mol. The third-order valence-corrected chi connectivity index (χ3v) is 3.55. The molecule has 19 heavy (non-hydrogen) atoms. The molecule has 0 aromatic heterocycles. The monoisotopic (exact) mass is 271 g/mol. The zero-order valence-electron chi connectivity index (χ0n) is 11.9. The largest absolute Gasteiger partial charge is 0.481 e. The van der Waals surface area contributed by atoms with Crippen molar-refractivity contribution in [3.8, 4) is 0 Å². The number of hydrogen-bond acceptors (Lipinski definition) is 3. The van der Waals surface area contributed by atoms with E-state index in [0.29, 0.717) is 18.9 Å². The van der Waals surface area contributed by atoms with Crippen molar-refractivity contribution >= 4 is 11.9 Å². The van der Waals surface area contributed by atoms with Gasteiger partial charge in [0.1, 0.15) is 0 Å². The Morgan fingerprint density at radius 3 is 2.68 bits per heavy atom. The van der Waals surface area contributed by atoms with E-state index in [4.69, 9.17) is 9.84 Å². The van der Waals surface area contributed by atoms with Crippen molar-refractivity contribution in [3.05, 3.63) is 0 Å². The van der Waals surface area contributed by atoms with Crippen LogP contribution in [0.3, 0.4) is 0 Å². The summed E-state index contributed by atoms with van der Waals surface area (Å²) in [6.45, 7) is 4.21. The van der Waals surface area contributed by atoms with Crippen LogP contribution in [0.1, 0.15) is 52.4 Å². The maximum absolute atomic E-state index is 11.7. The van der Waals surface area contributed by atoms with Crippen molar-refractivity contribution in [1.82, 2.24) is 5.32 Å². The SMILES string of the molecule is CCCC(CNC(=O)CCC1CCC(C)O1)C(=O)O. The van der Waals surface area contributed by atoms with Gasteiger partial charge in [-0.2, -0.15) is 0 Å². The molecule has 5 heteroatoms. The summed E-state index contributed by atoms with van der Waals surface area (Å²) >= 11 is 0. The van der Waals surface area contributed by atoms with Crippen LogP contribution in [0.15, 0.2) is 0 Å². The number of aliphatic carboxylic acids is 1. The maximum atomic E-state index is 11.7. The van der Waals surface area contributed by atoms with Crippen molar-refractivity contribution in [2.75, 3.05) is 6.54 Å². The van der Waals surface area contributed by atoms with Crippen LogP contribution in [-0.2, 0) is 14.3 Å². The summed E-state index contributed by atoms with van der Waals surface area (Å²) in [5.41, 5.74) is 0. The summed E-state index contributed by atoms with van der Waals surface area (Å²) in [4.78, 5) is 22.6. The fraction of sp³-hybridized carbons (Fsp3) is 0.857. The molecule has 1 amide bonds. The molecule has 0 saturated carbocycles. The maximum Gasteiger partial charge on any atom is 0.308 e. The van der Waals surface area contributed by atoms with E-state index in [9.17, 15) is 9.59 Å². The minimum atomic E-state index is -0.838. The Bertz CT molecular complexity index is 306. The molecule has 1 fully saturated rings. The predicted molar refractivity (Wildman–Crippen MR) is 71.8 cm³/mol. The number of nitrogens with one attached hydrogen (secondary N) is 1. The Morgan fingerprint density at radius 2 is 2.16 bits per heavy atom. The number of hydrogen-bond donors (Lipinski definition) is 2. The lowest BCUT2D eigenvalue weighted by Crippen LogP contribution is -2.33. The van der Waals surface area contributed by atoms with E-state index in [2.05, 4.69) is 5.32 Å². The number of carbonyl (C=O) groups is 2. The topological polar surface area (TPSA) is 75.6 Å². The van der Waals surface area contributed by atoms with Gasteiger partial charge in [0, 0.05) is 13.0 Å². The molecule has 5 nitrogen and oxygen atoms in total. The fourth-order valence-electron chi connectivity index (χ4n) is 2.38. The van der Waals surface area contributed by atoms with Gasteiger partial charge in [0.25, 0.3) is 0 Å². The standard InChI is InChI=1S/C14H25NO4/c1-3-4-11(14(17)18)9-15-13(16)8-7-12-6-5-10(2)19-12/h10-12H,3-9H2,1-2H3,(H,15,16)(H,17,18). The lowest BCUT2D eigenvalue weighted by Gasteiger charge is -2.14. The van der Waals surface area contributed by atoms with E-state index in [-0.39, 0.29) is 18.6 Å². The minimum Gasteiger partial charge on any atom is -0.481 e. The first kappa shape index (κ1) is 16.0.